The fourth-order valence-electron chi connectivity index (χ4n) is 4.42. The number of ether oxygens (including phenoxy) is 1. The Labute approximate surface area is 215 Å². The van der Waals surface area contributed by atoms with Gasteiger partial charge in [-0.3, -0.25) is 19.4 Å². The van der Waals surface area contributed by atoms with Crippen LogP contribution in [-0.2, 0) is 9.53 Å². The van der Waals surface area contributed by atoms with E-state index >= 15 is 0 Å². The number of carbonyl (C=O) groups excluding carboxylic acids is 1. The summed E-state index contributed by atoms with van der Waals surface area (Å²) in [6.45, 7) is 8.97. The summed E-state index contributed by atoms with van der Waals surface area (Å²) < 4.78 is 5.16. The second-order valence-corrected chi connectivity index (χ2v) is 8.72. The molecule has 2 aromatic carbocycles. The molecule has 1 atom stereocenters. The zero-order chi connectivity index (χ0) is 26.5. The zero-order valence-electron chi connectivity index (χ0n) is 21.5. The Bertz CT molecular complexity index is 1470. The summed E-state index contributed by atoms with van der Waals surface area (Å²) in [6, 6.07) is 10.9. The number of aromatic nitrogens is 2. The lowest BCUT2D eigenvalue weighted by molar-refractivity contribution is -0.143. The largest absolute Gasteiger partial charge is 0.466 e. The normalized spacial score (nSPS) is 11.9. The molecule has 2 aromatic heterocycles. The molecule has 4 aromatic rings. The van der Waals surface area contributed by atoms with Gasteiger partial charge >= 0.3 is 5.97 Å². The van der Waals surface area contributed by atoms with E-state index in [0.717, 1.165) is 27.7 Å². The van der Waals surface area contributed by atoms with Crippen molar-refractivity contribution in [1.29, 1.82) is 0 Å². The van der Waals surface area contributed by atoms with E-state index in [1.807, 2.05) is 62.1 Å². The van der Waals surface area contributed by atoms with Crippen molar-refractivity contribution >= 4 is 39.6 Å². The third kappa shape index (κ3) is 5.45. The third-order valence-electron chi connectivity index (χ3n) is 6.30. The topological polar surface area (TPSA) is 114 Å². The van der Waals surface area contributed by atoms with Crippen LogP contribution in [0.15, 0.2) is 58.4 Å². The summed E-state index contributed by atoms with van der Waals surface area (Å²) in [5.41, 5.74) is 2.00. The zero-order valence-corrected chi connectivity index (χ0v) is 21.5. The number of hydrogen-bond acceptors (Lipinski definition) is 9. The van der Waals surface area contributed by atoms with Crippen molar-refractivity contribution in [3.63, 3.8) is 0 Å². The van der Waals surface area contributed by atoms with E-state index in [9.17, 15) is 14.4 Å². The molecule has 2 heterocycles. The molecule has 9 nitrogen and oxygen atoms in total. The van der Waals surface area contributed by atoms with Crippen LogP contribution in [0.4, 0.5) is 22.9 Å². The van der Waals surface area contributed by atoms with Gasteiger partial charge in [-0.05, 0) is 62.9 Å². The predicted molar refractivity (Wildman–Crippen MR) is 147 cm³/mol. The van der Waals surface area contributed by atoms with Crippen molar-refractivity contribution < 1.29 is 9.53 Å². The molecule has 0 saturated heterocycles. The molecule has 4 rings (SSSR count). The van der Waals surface area contributed by atoms with Crippen LogP contribution < -0.4 is 26.4 Å². The number of pyridine rings is 2. The lowest BCUT2D eigenvalue weighted by Crippen LogP contribution is -2.43. The summed E-state index contributed by atoms with van der Waals surface area (Å²) in [7, 11) is 0. The number of carbonyl (C=O) groups is 1. The minimum absolute atomic E-state index is 0.00680. The highest BCUT2D eigenvalue weighted by Gasteiger charge is 2.28. The summed E-state index contributed by atoms with van der Waals surface area (Å²) >= 11 is 0. The van der Waals surface area contributed by atoms with Gasteiger partial charge in [0.2, 0.25) is 0 Å². The summed E-state index contributed by atoms with van der Waals surface area (Å²) in [5.74, 6) is 0.304. The number of fused-ring (bicyclic) bond motifs is 1. The van der Waals surface area contributed by atoms with Crippen LogP contribution in [0.3, 0.4) is 0 Å². The molecule has 0 fully saturated rings. The Morgan fingerprint density at radius 2 is 1.78 bits per heavy atom. The van der Waals surface area contributed by atoms with Gasteiger partial charge < -0.3 is 20.3 Å². The van der Waals surface area contributed by atoms with E-state index in [1.54, 1.807) is 19.3 Å². The number of rotatable bonds is 11. The van der Waals surface area contributed by atoms with Gasteiger partial charge in [0.1, 0.15) is 17.2 Å². The smallest absolute Gasteiger partial charge is 0.308 e. The highest BCUT2D eigenvalue weighted by atomic mass is 16.5. The highest BCUT2D eigenvalue weighted by Crippen LogP contribution is 2.30. The Hall–Kier alpha value is -4.27. The molecule has 2 N–H and O–H groups in total. The molecular formula is C28H31N5O4. The van der Waals surface area contributed by atoms with E-state index < -0.39 is 22.9 Å². The van der Waals surface area contributed by atoms with E-state index in [2.05, 4.69) is 20.6 Å². The maximum atomic E-state index is 12.4. The molecule has 0 amide bonds. The Morgan fingerprint density at radius 1 is 1.05 bits per heavy atom. The van der Waals surface area contributed by atoms with Gasteiger partial charge in [-0.1, -0.05) is 12.1 Å². The molecule has 0 bridgehead atoms. The molecule has 0 unspecified atom stereocenters. The van der Waals surface area contributed by atoms with Crippen molar-refractivity contribution in [1.82, 2.24) is 9.97 Å². The number of nitrogens with one attached hydrogen (secondary N) is 2. The lowest BCUT2D eigenvalue weighted by Gasteiger charge is -2.28. The Morgan fingerprint density at radius 3 is 2.46 bits per heavy atom. The SMILES string of the molecule is CCOC(=O)C[C@H](Nc1c(N(CC)CC)c(=O)c1=O)c1ccc(Nc2nc(C)cc3ccncc23)cc1. The average Bonchev–Trinajstić information content (AvgIpc) is 2.90. The molecule has 9 heteroatoms. The minimum Gasteiger partial charge on any atom is -0.466 e. The fourth-order valence-corrected chi connectivity index (χ4v) is 4.42. The molecule has 0 aliphatic carbocycles. The molecular weight excluding hydrogens is 470 g/mol. The first kappa shape index (κ1) is 25.8. The monoisotopic (exact) mass is 501 g/mol. The predicted octanol–water partition coefficient (Wildman–Crippen LogP) is 4.23. The number of anilines is 4. The molecule has 192 valence electrons. The van der Waals surface area contributed by atoms with Crippen molar-refractivity contribution in [2.75, 3.05) is 35.2 Å². The molecule has 0 aliphatic rings. The fraction of sp³-hybridized carbons (Fsp3) is 0.321. The van der Waals surface area contributed by atoms with E-state index in [0.29, 0.717) is 24.6 Å². The number of esters is 1. The first-order valence-corrected chi connectivity index (χ1v) is 12.4. The standard InChI is InChI=1S/C28H31N5O4/c1-5-33(6-2)25-24(26(35)27(25)36)32-22(15-23(34)37-7-3)18-8-10-20(11-9-18)31-28-21-16-29-13-12-19(21)14-17(4)30-28/h8-14,16,22,32H,5-7,15H2,1-4H3,(H,30,31)/t22-/m0/s1. The van der Waals surface area contributed by atoms with E-state index in [1.165, 1.54) is 0 Å². The lowest BCUT2D eigenvalue weighted by atomic mass is 10.0. The number of hydrogen-bond donors (Lipinski definition) is 2. The molecule has 0 saturated carbocycles. The van der Waals surface area contributed by atoms with Crippen molar-refractivity contribution in [2.45, 2.75) is 40.2 Å². The van der Waals surface area contributed by atoms with Gasteiger partial charge in [-0.2, -0.15) is 0 Å². The van der Waals surface area contributed by atoms with Crippen LogP contribution in [-0.4, -0.2) is 35.6 Å². The van der Waals surface area contributed by atoms with Gasteiger partial charge in [-0.15, -0.1) is 0 Å². The van der Waals surface area contributed by atoms with E-state index in [-0.39, 0.29) is 18.7 Å². The van der Waals surface area contributed by atoms with Crippen molar-refractivity contribution in [3.05, 3.63) is 80.5 Å². The van der Waals surface area contributed by atoms with Crippen LogP contribution in [0, 0.1) is 6.92 Å². The maximum absolute atomic E-state index is 12.4. The highest BCUT2D eigenvalue weighted by molar-refractivity contribution is 5.93. The van der Waals surface area contributed by atoms with Gasteiger partial charge in [-0.25, -0.2) is 4.98 Å². The maximum Gasteiger partial charge on any atom is 0.308 e. The second-order valence-electron chi connectivity index (χ2n) is 8.72. The van der Waals surface area contributed by atoms with Crippen LogP contribution >= 0.6 is 0 Å². The quantitative estimate of drug-likeness (QED) is 0.230. The van der Waals surface area contributed by atoms with Crippen LogP contribution in [0.25, 0.3) is 10.8 Å². The summed E-state index contributed by atoms with van der Waals surface area (Å²) in [4.78, 5) is 47.8. The van der Waals surface area contributed by atoms with Gasteiger partial charge in [0.25, 0.3) is 10.9 Å². The van der Waals surface area contributed by atoms with E-state index in [4.69, 9.17) is 4.74 Å². The van der Waals surface area contributed by atoms with Crippen LogP contribution in [0.2, 0.25) is 0 Å². The Kier molecular flexibility index (Phi) is 7.81. The first-order chi connectivity index (χ1) is 17.9. The first-order valence-electron chi connectivity index (χ1n) is 12.4. The molecule has 0 spiro atoms. The molecule has 0 radical (unpaired) electrons. The number of benzene rings is 1. The average molecular weight is 502 g/mol. The minimum atomic E-state index is -0.569. The third-order valence-corrected chi connectivity index (χ3v) is 6.30. The second kappa shape index (κ2) is 11.2. The van der Waals surface area contributed by atoms with Crippen LogP contribution in [0.1, 0.15) is 44.5 Å². The van der Waals surface area contributed by atoms with Gasteiger partial charge in [0.05, 0.1) is 19.1 Å². The summed E-state index contributed by atoms with van der Waals surface area (Å²) in [6.07, 6.45) is 3.53. The molecule has 37 heavy (non-hydrogen) atoms. The van der Waals surface area contributed by atoms with Gasteiger partial charge in [0.15, 0.2) is 0 Å². The van der Waals surface area contributed by atoms with Crippen LogP contribution in [0.5, 0.6) is 0 Å². The molecule has 0 aliphatic heterocycles. The van der Waals surface area contributed by atoms with Gasteiger partial charge in [0, 0.05) is 42.3 Å². The van der Waals surface area contributed by atoms with Crippen molar-refractivity contribution in [2.24, 2.45) is 0 Å². The number of aryl methyl sites for hydroxylation is 1. The van der Waals surface area contributed by atoms with Crippen molar-refractivity contribution in [3.8, 4) is 0 Å². The Balaban J connectivity index is 1.62. The summed E-state index contributed by atoms with van der Waals surface area (Å²) in [5, 5.41) is 8.46. The number of nitrogens with zero attached hydrogens (tertiary/aromatic N) is 3.